The van der Waals surface area contributed by atoms with E-state index in [1.54, 1.807) is 0 Å². The lowest BCUT2D eigenvalue weighted by Gasteiger charge is -2.24. The van der Waals surface area contributed by atoms with E-state index < -0.39 is 5.41 Å². The van der Waals surface area contributed by atoms with Gasteiger partial charge in [0.1, 0.15) is 5.41 Å². The number of carbonyl (C=O) groups excluding carboxylic acids is 1. The van der Waals surface area contributed by atoms with Gasteiger partial charge in [0.2, 0.25) is 0 Å². The highest BCUT2D eigenvalue weighted by Gasteiger charge is 2.47. The molecule has 0 aromatic heterocycles. The molecule has 13 heavy (non-hydrogen) atoms. The molecule has 3 rings (SSSR count). The third kappa shape index (κ3) is 0.603. The maximum atomic E-state index is 11.7. The molecular weight excluding hydrogens is 162 g/mol. The molecule has 0 aromatic rings. The van der Waals surface area contributed by atoms with Crippen molar-refractivity contribution in [2.75, 3.05) is 0 Å². The standard InChI is InChI=1S/C11H7NO/c13-10-7-12-9-5-1-3-8-4-2-6-11(8,9)10/h1-7H. The number of ketones is 1. The Morgan fingerprint density at radius 3 is 3.08 bits per heavy atom. The van der Waals surface area contributed by atoms with Gasteiger partial charge in [0.25, 0.3) is 0 Å². The molecule has 2 heteroatoms. The van der Waals surface area contributed by atoms with E-state index in [1.807, 2.05) is 36.5 Å². The van der Waals surface area contributed by atoms with E-state index in [0.717, 1.165) is 11.3 Å². The van der Waals surface area contributed by atoms with Crippen LogP contribution in [0.25, 0.3) is 0 Å². The molecule has 1 spiro atoms. The number of Topliss-reactive ketones (excluding diaryl/α,β-unsaturated/α-hetero) is 1. The molecule has 1 atom stereocenters. The van der Waals surface area contributed by atoms with Gasteiger partial charge in [-0.1, -0.05) is 30.4 Å². The first-order valence-electron chi connectivity index (χ1n) is 4.21. The van der Waals surface area contributed by atoms with E-state index in [1.165, 1.54) is 6.21 Å². The zero-order chi connectivity index (χ0) is 8.89. The quantitative estimate of drug-likeness (QED) is 0.541. The van der Waals surface area contributed by atoms with E-state index in [0.29, 0.717) is 0 Å². The molecular formula is C11H7NO. The van der Waals surface area contributed by atoms with Crippen molar-refractivity contribution >= 4 is 12.0 Å². The molecule has 0 fully saturated rings. The van der Waals surface area contributed by atoms with Gasteiger partial charge in [0.15, 0.2) is 5.78 Å². The molecule has 0 bridgehead atoms. The molecule has 3 aliphatic rings. The van der Waals surface area contributed by atoms with Crippen LogP contribution in [-0.4, -0.2) is 12.0 Å². The number of nitrogens with zero attached hydrogens (tertiary/aromatic N) is 1. The Labute approximate surface area is 75.7 Å². The van der Waals surface area contributed by atoms with E-state index in [9.17, 15) is 4.79 Å². The second-order valence-electron chi connectivity index (χ2n) is 3.32. The largest absolute Gasteiger partial charge is 0.291 e. The fraction of sp³-hybridized carbons (Fsp3) is 0.0909. The summed E-state index contributed by atoms with van der Waals surface area (Å²) in [6, 6.07) is 0. The van der Waals surface area contributed by atoms with Crippen molar-refractivity contribution in [3.8, 4) is 0 Å². The van der Waals surface area contributed by atoms with Crippen LogP contribution in [0, 0.1) is 5.41 Å². The zero-order valence-electron chi connectivity index (χ0n) is 6.90. The summed E-state index contributed by atoms with van der Waals surface area (Å²) in [7, 11) is 0. The fourth-order valence-electron chi connectivity index (χ4n) is 2.04. The average molecular weight is 169 g/mol. The van der Waals surface area contributed by atoms with Crippen LogP contribution in [0.3, 0.4) is 0 Å². The lowest BCUT2D eigenvalue weighted by molar-refractivity contribution is -0.115. The minimum Gasteiger partial charge on any atom is -0.291 e. The minimum atomic E-state index is -0.547. The maximum absolute atomic E-state index is 11.7. The van der Waals surface area contributed by atoms with Crippen molar-refractivity contribution < 1.29 is 4.79 Å². The predicted molar refractivity (Wildman–Crippen MR) is 50.4 cm³/mol. The van der Waals surface area contributed by atoms with Gasteiger partial charge in [-0.25, -0.2) is 0 Å². The van der Waals surface area contributed by atoms with Crippen LogP contribution in [0.15, 0.2) is 52.7 Å². The molecule has 0 saturated heterocycles. The second-order valence-corrected chi connectivity index (χ2v) is 3.32. The molecule has 0 radical (unpaired) electrons. The van der Waals surface area contributed by atoms with Gasteiger partial charge in [0.05, 0.1) is 11.9 Å². The van der Waals surface area contributed by atoms with Crippen molar-refractivity contribution in [1.82, 2.24) is 0 Å². The van der Waals surface area contributed by atoms with Crippen molar-refractivity contribution in [1.29, 1.82) is 0 Å². The number of hydrogen-bond acceptors (Lipinski definition) is 2. The highest BCUT2D eigenvalue weighted by atomic mass is 16.1. The summed E-state index contributed by atoms with van der Waals surface area (Å²) < 4.78 is 0. The van der Waals surface area contributed by atoms with Crippen molar-refractivity contribution in [2.45, 2.75) is 0 Å². The summed E-state index contributed by atoms with van der Waals surface area (Å²) in [5.74, 6) is 0.0723. The molecule has 1 unspecified atom stereocenters. The van der Waals surface area contributed by atoms with Gasteiger partial charge in [-0.15, -0.1) is 0 Å². The maximum Gasteiger partial charge on any atom is 0.194 e. The molecule has 2 aliphatic carbocycles. The number of carbonyl (C=O) groups is 1. The summed E-state index contributed by atoms with van der Waals surface area (Å²) in [5, 5.41) is 0. The molecule has 0 aromatic carbocycles. The smallest absolute Gasteiger partial charge is 0.194 e. The van der Waals surface area contributed by atoms with Crippen LogP contribution in [0.5, 0.6) is 0 Å². The zero-order valence-corrected chi connectivity index (χ0v) is 6.90. The van der Waals surface area contributed by atoms with Gasteiger partial charge in [-0.2, -0.15) is 0 Å². The third-order valence-corrected chi connectivity index (χ3v) is 2.72. The Balaban J connectivity index is 2.33. The molecule has 0 N–H and O–H groups in total. The van der Waals surface area contributed by atoms with E-state index in [2.05, 4.69) is 4.99 Å². The first kappa shape index (κ1) is 6.78. The predicted octanol–water partition coefficient (Wildman–Crippen LogP) is 1.58. The lowest BCUT2D eigenvalue weighted by atomic mass is 9.75. The van der Waals surface area contributed by atoms with Crippen LogP contribution in [0.2, 0.25) is 0 Å². The number of allylic oxidation sites excluding steroid dienone is 6. The van der Waals surface area contributed by atoms with Crippen molar-refractivity contribution in [3.63, 3.8) is 0 Å². The Morgan fingerprint density at radius 2 is 2.15 bits per heavy atom. The van der Waals surface area contributed by atoms with Gasteiger partial charge < -0.3 is 0 Å². The first-order valence-corrected chi connectivity index (χ1v) is 4.21. The topological polar surface area (TPSA) is 29.4 Å². The molecule has 0 saturated carbocycles. The number of hydrogen-bond donors (Lipinski definition) is 0. The molecule has 1 heterocycles. The Bertz CT molecular complexity index is 449. The second kappa shape index (κ2) is 1.96. The average Bonchev–Trinajstić information content (AvgIpc) is 2.69. The molecule has 1 aliphatic heterocycles. The SMILES string of the molecule is O=C1C=NC2=CC=CC3=CC=CC132. The van der Waals surface area contributed by atoms with E-state index in [4.69, 9.17) is 0 Å². The summed E-state index contributed by atoms with van der Waals surface area (Å²) >= 11 is 0. The third-order valence-electron chi connectivity index (χ3n) is 2.72. The van der Waals surface area contributed by atoms with E-state index >= 15 is 0 Å². The van der Waals surface area contributed by atoms with Crippen LogP contribution < -0.4 is 0 Å². The summed E-state index contributed by atoms with van der Waals surface area (Å²) in [6.45, 7) is 0. The van der Waals surface area contributed by atoms with Gasteiger partial charge >= 0.3 is 0 Å². The van der Waals surface area contributed by atoms with Crippen molar-refractivity contribution in [3.05, 3.63) is 47.7 Å². The minimum absolute atomic E-state index is 0.0723. The number of rotatable bonds is 0. The van der Waals surface area contributed by atoms with Crippen LogP contribution in [0.4, 0.5) is 0 Å². The highest BCUT2D eigenvalue weighted by molar-refractivity contribution is 6.35. The van der Waals surface area contributed by atoms with Gasteiger partial charge in [0, 0.05) is 0 Å². The lowest BCUT2D eigenvalue weighted by Crippen LogP contribution is -2.28. The molecule has 2 nitrogen and oxygen atoms in total. The van der Waals surface area contributed by atoms with E-state index in [-0.39, 0.29) is 5.78 Å². The summed E-state index contributed by atoms with van der Waals surface area (Å²) in [4.78, 5) is 15.8. The summed E-state index contributed by atoms with van der Waals surface area (Å²) in [5.41, 5.74) is 1.34. The highest BCUT2D eigenvalue weighted by Crippen LogP contribution is 2.47. The first-order chi connectivity index (χ1) is 6.34. The fourth-order valence-corrected chi connectivity index (χ4v) is 2.04. The van der Waals surface area contributed by atoms with Gasteiger partial charge in [-0.3, -0.25) is 9.79 Å². The molecule has 0 amide bonds. The Hall–Kier alpha value is -1.70. The van der Waals surface area contributed by atoms with Crippen LogP contribution in [-0.2, 0) is 4.79 Å². The normalized spacial score (nSPS) is 33.1. The van der Waals surface area contributed by atoms with Crippen LogP contribution in [0.1, 0.15) is 0 Å². The Kier molecular flexibility index (Phi) is 1.02. The monoisotopic (exact) mass is 169 g/mol. The van der Waals surface area contributed by atoms with Gasteiger partial charge in [-0.05, 0) is 11.6 Å². The Morgan fingerprint density at radius 1 is 1.23 bits per heavy atom. The summed E-state index contributed by atoms with van der Waals surface area (Å²) in [6.07, 6.45) is 13.0. The number of aliphatic imine (C=N–C) groups is 1. The van der Waals surface area contributed by atoms with Crippen molar-refractivity contribution in [2.24, 2.45) is 10.4 Å². The molecule has 62 valence electrons. The van der Waals surface area contributed by atoms with Crippen LogP contribution >= 0.6 is 0 Å².